The van der Waals surface area contributed by atoms with Gasteiger partial charge in [-0.2, -0.15) is 0 Å². The molecule has 18 heavy (non-hydrogen) atoms. The fourth-order valence-electron chi connectivity index (χ4n) is 2.31. The minimum absolute atomic E-state index is 0.489. The Balaban J connectivity index is 1.81. The van der Waals surface area contributed by atoms with Crippen LogP contribution in [0.1, 0.15) is 51.9 Å². The van der Waals surface area contributed by atoms with Crippen LogP contribution >= 0.6 is 0 Å². The molecule has 0 amide bonds. The first-order valence-electron chi connectivity index (χ1n) is 7.61. The molecule has 0 aliphatic carbocycles. The van der Waals surface area contributed by atoms with Gasteiger partial charge in [0.2, 0.25) is 0 Å². The van der Waals surface area contributed by atoms with Gasteiger partial charge in [0.25, 0.3) is 0 Å². The lowest BCUT2D eigenvalue weighted by Gasteiger charge is -2.14. The summed E-state index contributed by atoms with van der Waals surface area (Å²) in [4.78, 5) is 2.57. The first-order valence-corrected chi connectivity index (χ1v) is 7.61. The molecule has 0 radical (unpaired) electrons. The maximum Gasteiger partial charge on any atom is 0.188 e. The standard InChI is InChI=1S/C14H30N4/c1-2-3-9-16-14(15)17-10-5-4-6-11-18-12-7-8-13-18/h2-13H2,1H3,(H3,15,16,17). The van der Waals surface area contributed by atoms with Crippen molar-refractivity contribution in [3.8, 4) is 0 Å². The van der Waals surface area contributed by atoms with E-state index in [1.165, 1.54) is 58.2 Å². The van der Waals surface area contributed by atoms with Gasteiger partial charge in [0.1, 0.15) is 0 Å². The Kier molecular flexibility index (Phi) is 8.65. The normalized spacial score (nSPS) is 15.8. The lowest BCUT2D eigenvalue weighted by Crippen LogP contribution is -2.37. The zero-order chi connectivity index (χ0) is 13.1. The maximum atomic E-state index is 7.65. The van der Waals surface area contributed by atoms with Crippen molar-refractivity contribution in [2.45, 2.75) is 51.9 Å². The van der Waals surface area contributed by atoms with Crippen LogP contribution in [0.15, 0.2) is 0 Å². The number of hydrogen-bond acceptors (Lipinski definition) is 2. The summed E-state index contributed by atoms with van der Waals surface area (Å²) in [6.45, 7) is 7.90. The summed E-state index contributed by atoms with van der Waals surface area (Å²) in [6.07, 6.45) is 8.84. The van der Waals surface area contributed by atoms with Gasteiger partial charge in [-0.25, -0.2) is 0 Å². The Morgan fingerprint density at radius 1 is 1.00 bits per heavy atom. The van der Waals surface area contributed by atoms with E-state index >= 15 is 0 Å². The summed E-state index contributed by atoms with van der Waals surface area (Å²) in [7, 11) is 0. The van der Waals surface area contributed by atoms with Crippen molar-refractivity contribution in [3.05, 3.63) is 0 Å². The lowest BCUT2D eigenvalue weighted by molar-refractivity contribution is 0.328. The summed E-state index contributed by atoms with van der Waals surface area (Å²) in [5.41, 5.74) is 0. The molecule has 1 heterocycles. The molecule has 106 valence electrons. The van der Waals surface area contributed by atoms with Crippen molar-refractivity contribution in [1.82, 2.24) is 15.5 Å². The zero-order valence-electron chi connectivity index (χ0n) is 11.9. The van der Waals surface area contributed by atoms with Crippen molar-refractivity contribution in [2.24, 2.45) is 0 Å². The van der Waals surface area contributed by atoms with Crippen molar-refractivity contribution < 1.29 is 0 Å². The molecule has 1 aliphatic heterocycles. The minimum atomic E-state index is 0.489. The average Bonchev–Trinajstić information content (AvgIpc) is 2.87. The minimum Gasteiger partial charge on any atom is -0.357 e. The topological polar surface area (TPSA) is 51.2 Å². The van der Waals surface area contributed by atoms with Gasteiger partial charge in [0.15, 0.2) is 5.96 Å². The van der Waals surface area contributed by atoms with Gasteiger partial charge in [-0.1, -0.05) is 19.8 Å². The van der Waals surface area contributed by atoms with Crippen molar-refractivity contribution >= 4 is 5.96 Å². The quantitative estimate of drug-likeness (QED) is 0.336. The summed E-state index contributed by atoms with van der Waals surface area (Å²) in [5.74, 6) is 0.489. The number of likely N-dealkylation sites (tertiary alicyclic amines) is 1. The van der Waals surface area contributed by atoms with Crippen molar-refractivity contribution in [3.63, 3.8) is 0 Å². The molecule has 0 spiro atoms. The molecule has 0 unspecified atom stereocenters. The van der Waals surface area contributed by atoms with E-state index in [4.69, 9.17) is 5.41 Å². The molecule has 1 saturated heterocycles. The molecule has 4 nitrogen and oxygen atoms in total. The van der Waals surface area contributed by atoms with Crippen molar-refractivity contribution in [2.75, 3.05) is 32.7 Å². The number of nitrogens with one attached hydrogen (secondary N) is 3. The molecule has 1 rings (SSSR count). The van der Waals surface area contributed by atoms with E-state index < -0.39 is 0 Å². The van der Waals surface area contributed by atoms with Crippen LogP contribution < -0.4 is 10.6 Å². The monoisotopic (exact) mass is 254 g/mol. The van der Waals surface area contributed by atoms with Crippen molar-refractivity contribution in [1.29, 1.82) is 5.41 Å². The van der Waals surface area contributed by atoms with E-state index in [1.54, 1.807) is 0 Å². The summed E-state index contributed by atoms with van der Waals surface area (Å²) >= 11 is 0. The number of hydrogen-bond donors (Lipinski definition) is 3. The van der Waals surface area contributed by atoms with E-state index in [0.717, 1.165) is 19.5 Å². The van der Waals surface area contributed by atoms with Gasteiger partial charge in [-0.3, -0.25) is 5.41 Å². The third kappa shape index (κ3) is 7.54. The second-order valence-corrected chi connectivity index (χ2v) is 5.19. The Morgan fingerprint density at radius 2 is 1.67 bits per heavy atom. The van der Waals surface area contributed by atoms with Crippen LogP contribution in [0.4, 0.5) is 0 Å². The third-order valence-electron chi connectivity index (χ3n) is 3.48. The van der Waals surface area contributed by atoms with Gasteiger partial charge in [-0.15, -0.1) is 0 Å². The third-order valence-corrected chi connectivity index (χ3v) is 3.48. The first-order chi connectivity index (χ1) is 8.83. The molecule has 0 bridgehead atoms. The molecular weight excluding hydrogens is 224 g/mol. The highest BCUT2D eigenvalue weighted by molar-refractivity contribution is 5.76. The van der Waals surface area contributed by atoms with Crippen LogP contribution in [-0.4, -0.2) is 43.6 Å². The predicted molar refractivity (Wildman–Crippen MR) is 78.2 cm³/mol. The molecule has 0 saturated carbocycles. The van der Waals surface area contributed by atoms with Crippen LogP contribution in [0.5, 0.6) is 0 Å². The lowest BCUT2D eigenvalue weighted by atomic mass is 10.2. The molecule has 4 heteroatoms. The first kappa shape index (κ1) is 15.3. The number of guanidine groups is 1. The van der Waals surface area contributed by atoms with Gasteiger partial charge in [-0.05, 0) is 51.7 Å². The average molecular weight is 254 g/mol. The smallest absolute Gasteiger partial charge is 0.188 e. The fraction of sp³-hybridized carbons (Fsp3) is 0.929. The van der Waals surface area contributed by atoms with Crippen LogP contribution in [0, 0.1) is 5.41 Å². The predicted octanol–water partition coefficient (Wildman–Crippen LogP) is 2.17. The number of nitrogens with zero attached hydrogens (tertiary/aromatic N) is 1. The Bertz CT molecular complexity index is 212. The van der Waals surface area contributed by atoms with Crippen LogP contribution in [0.2, 0.25) is 0 Å². The van der Waals surface area contributed by atoms with Gasteiger partial charge in [0.05, 0.1) is 0 Å². The summed E-state index contributed by atoms with van der Waals surface area (Å²) < 4.78 is 0. The Morgan fingerprint density at radius 3 is 2.33 bits per heavy atom. The fourth-order valence-corrected chi connectivity index (χ4v) is 2.31. The molecule has 1 aliphatic rings. The highest BCUT2D eigenvalue weighted by Crippen LogP contribution is 2.08. The highest BCUT2D eigenvalue weighted by atomic mass is 15.1. The second kappa shape index (κ2) is 10.2. The van der Waals surface area contributed by atoms with Crippen LogP contribution in [0.3, 0.4) is 0 Å². The van der Waals surface area contributed by atoms with E-state index in [-0.39, 0.29) is 0 Å². The SMILES string of the molecule is CCCCNC(=N)NCCCCCN1CCCC1. The van der Waals surface area contributed by atoms with Crippen LogP contribution in [0.25, 0.3) is 0 Å². The molecular formula is C14H30N4. The van der Waals surface area contributed by atoms with Crippen LogP contribution in [-0.2, 0) is 0 Å². The zero-order valence-corrected chi connectivity index (χ0v) is 11.9. The van der Waals surface area contributed by atoms with Gasteiger partial charge in [0, 0.05) is 13.1 Å². The Hall–Kier alpha value is -0.770. The van der Waals surface area contributed by atoms with E-state index in [1.807, 2.05) is 0 Å². The summed E-state index contributed by atoms with van der Waals surface area (Å²) in [5, 5.41) is 13.9. The Labute approximate surface area is 112 Å². The highest BCUT2D eigenvalue weighted by Gasteiger charge is 2.09. The number of unbranched alkanes of at least 4 members (excludes halogenated alkanes) is 3. The molecule has 1 fully saturated rings. The van der Waals surface area contributed by atoms with E-state index in [9.17, 15) is 0 Å². The molecule has 0 aromatic rings. The van der Waals surface area contributed by atoms with Gasteiger partial charge >= 0.3 is 0 Å². The second-order valence-electron chi connectivity index (χ2n) is 5.19. The molecule has 0 atom stereocenters. The molecule has 0 aromatic heterocycles. The maximum absolute atomic E-state index is 7.65. The number of rotatable bonds is 9. The molecule has 3 N–H and O–H groups in total. The van der Waals surface area contributed by atoms with Gasteiger partial charge < -0.3 is 15.5 Å². The molecule has 0 aromatic carbocycles. The summed E-state index contributed by atoms with van der Waals surface area (Å²) in [6, 6.07) is 0. The largest absolute Gasteiger partial charge is 0.357 e. The van der Waals surface area contributed by atoms with E-state index in [0.29, 0.717) is 5.96 Å². The van der Waals surface area contributed by atoms with E-state index in [2.05, 4.69) is 22.5 Å².